The lowest BCUT2D eigenvalue weighted by Crippen LogP contribution is -2.54. The van der Waals surface area contributed by atoms with Crippen molar-refractivity contribution in [3.05, 3.63) is 48.3 Å². The number of likely N-dealkylation sites (tertiary alicyclic amines) is 2. The maximum Gasteiger partial charge on any atom is 0.222 e. The number of H-pyrrole nitrogens is 1. The first-order valence-electron chi connectivity index (χ1n) is 9.60. The van der Waals surface area contributed by atoms with Crippen molar-refractivity contribution < 1.29 is 4.79 Å². The summed E-state index contributed by atoms with van der Waals surface area (Å²) in [7, 11) is 0. The van der Waals surface area contributed by atoms with Gasteiger partial charge < -0.3 is 9.88 Å². The Morgan fingerprint density at radius 3 is 3.00 bits per heavy atom. The van der Waals surface area contributed by atoms with Crippen molar-refractivity contribution in [2.75, 3.05) is 26.2 Å². The highest BCUT2D eigenvalue weighted by molar-refractivity contribution is 5.77. The molecule has 1 N–H and O–H groups in total. The summed E-state index contributed by atoms with van der Waals surface area (Å²) in [4.78, 5) is 28.7. The Balaban J connectivity index is 1.39. The number of aromatic amines is 1. The molecule has 1 amide bonds. The zero-order valence-electron chi connectivity index (χ0n) is 15.2. The summed E-state index contributed by atoms with van der Waals surface area (Å²) in [5, 5.41) is 0. The zero-order valence-corrected chi connectivity index (χ0v) is 15.2. The van der Waals surface area contributed by atoms with Crippen molar-refractivity contribution in [2.45, 2.75) is 38.6 Å². The van der Waals surface area contributed by atoms with Crippen LogP contribution in [0.4, 0.5) is 0 Å². The van der Waals surface area contributed by atoms with Gasteiger partial charge in [-0.25, -0.2) is 4.98 Å². The number of pyridine rings is 1. The quantitative estimate of drug-likeness (QED) is 0.895. The van der Waals surface area contributed by atoms with E-state index in [0.29, 0.717) is 12.3 Å². The molecule has 2 fully saturated rings. The normalized spacial score (nSPS) is 24.3. The van der Waals surface area contributed by atoms with Crippen LogP contribution in [0.15, 0.2) is 36.9 Å². The Morgan fingerprint density at radius 2 is 2.19 bits per heavy atom. The number of rotatable bonds is 5. The molecule has 2 saturated heterocycles. The van der Waals surface area contributed by atoms with E-state index in [9.17, 15) is 4.79 Å². The number of carbonyl (C=O) groups excluding carboxylic acids is 1. The van der Waals surface area contributed by atoms with E-state index in [1.54, 1.807) is 6.33 Å². The van der Waals surface area contributed by atoms with E-state index in [-0.39, 0.29) is 5.41 Å². The van der Waals surface area contributed by atoms with Crippen LogP contribution in [0.5, 0.6) is 0 Å². The summed E-state index contributed by atoms with van der Waals surface area (Å²) in [6.45, 7) is 4.77. The van der Waals surface area contributed by atoms with Crippen LogP contribution < -0.4 is 0 Å². The molecule has 0 aliphatic carbocycles. The van der Waals surface area contributed by atoms with E-state index >= 15 is 0 Å². The third-order valence-corrected chi connectivity index (χ3v) is 5.81. The molecule has 6 heteroatoms. The number of nitrogens with zero attached hydrogens (tertiary/aromatic N) is 4. The maximum atomic E-state index is 12.4. The predicted octanol–water partition coefficient (Wildman–Crippen LogP) is 2.25. The average Bonchev–Trinajstić information content (AvgIpc) is 3.17. The standard InChI is InChI=1S/C20H27N5O/c26-19-5-8-20(15-25(19)11-6-17-12-21-16-23-17)7-3-10-24(14-20)13-18-4-1-2-9-22-18/h1-2,4,9,12,16H,3,5-8,10-11,13-15H2,(H,21,23)/t20-/m0/s1. The van der Waals surface area contributed by atoms with Gasteiger partial charge in [0.1, 0.15) is 0 Å². The Labute approximate surface area is 154 Å². The molecule has 4 rings (SSSR count). The van der Waals surface area contributed by atoms with Crippen LogP contribution in [0.1, 0.15) is 37.1 Å². The lowest BCUT2D eigenvalue weighted by atomic mass is 9.73. The topological polar surface area (TPSA) is 65.1 Å². The van der Waals surface area contributed by atoms with Crippen molar-refractivity contribution in [3.63, 3.8) is 0 Å². The second kappa shape index (κ2) is 7.58. The first-order chi connectivity index (χ1) is 12.7. The molecule has 0 bridgehead atoms. The molecule has 2 aliphatic rings. The van der Waals surface area contributed by atoms with Gasteiger partial charge in [-0.1, -0.05) is 6.07 Å². The fourth-order valence-corrected chi connectivity index (χ4v) is 4.48. The second-order valence-corrected chi connectivity index (χ2v) is 7.78. The molecule has 1 atom stereocenters. The smallest absolute Gasteiger partial charge is 0.222 e. The van der Waals surface area contributed by atoms with Gasteiger partial charge in [-0.2, -0.15) is 0 Å². The molecule has 0 saturated carbocycles. The van der Waals surface area contributed by atoms with Gasteiger partial charge in [-0.15, -0.1) is 0 Å². The van der Waals surface area contributed by atoms with Crippen LogP contribution in [-0.2, 0) is 17.8 Å². The van der Waals surface area contributed by atoms with Gasteiger partial charge in [-0.05, 0) is 37.9 Å². The largest absolute Gasteiger partial charge is 0.348 e. The van der Waals surface area contributed by atoms with Crippen molar-refractivity contribution in [1.29, 1.82) is 0 Å². The fourth-order valence-electron chi connectivity index (χ4n) is 4.48. The zero-order chi connectivity index (χ0) is 17.8. The summed E-state index contributed by atoms with van der Waals surface area (Å²) >= 11 is 0. The molecule has 4 heterocycles. The van der Waals surface area contributed by atoms with Crippen LogP contribution in [0.25, 0.3) is 0 Å². The predicted molar refractivity (Wildman–Crippen MR) is 99.3 cm³/mol. The molecule has 2 aromatic heterocycles. The molecule has 26 heavy (non-hydrogen) atoms. The Kier molecular flexibility index (Phi) is 5.02. The van der Waals surface area contributed by atoms with Crippen molar-refractivity contribution in [3.8, 4) is 0 Å². The molecule has 0 unspecified atom stereocenters. The number of piperidine rings is 2. The van der Waals surface area contributed by atoms with Crippen LogP contribution in [0.3, 0.4) is 0 Å². The van der Waals surface area contributed by atoms with Crippen molar-refractivity contribution >= 4 is 5.91 Å². The van der Waals surface area contributed by atoms with Crippen LogP contribution in [0, 0.1) is 5.41 Å². The summed E-state index contributed by atoms with van der Waals surface area (Å²) in [5.74, 6) is 0.303. The van der Waals surface area contributed by atoms with Gasteiger partial charge in [0.15, 0.2) is 0 Å². The molecule has 1 spiro atoms. The number of carbonyl (C=O) groups is 1. The molecule has 138 valence electrons. The molecule has 6 nitrogen and oxygen atoms in total. The lowest BCUT2D eigenvalue weighted by molar-refractivity contribution is -0.139. The van der Waals surface area contributed by atoms with Gasteiger partial charge in [0.05, 0.1) is 12.0 Å². The summed E-state index contributed by atoms with van der Waals surface area (Å²) in [6, 6.07) is 6.12. The van der Waals surface area contributed by atoms with Crippen LogP contribution in [-0.4, -0.2) is 56.8 Å². The van der Waals surface area contributed by atoms with Crippen LogP contribution >= 0.6 is 0 Å². The highest BCUT2D eigenvalue weighted by Crippen LogP contribution is 2.39. The summed E-state index contributed by atoms with van der Waals surface area (Å²) in [5.41, 5.74) is 2.47. The van der Waals surface area contributed by atoms with E-state index in [0.717, 1.165) is 57.0 Å². The SMILES string of the molecule is O=C1CC[C@]2(CCCN(Cc3ccccn3)C2)CN1CCc1cnc[nH]1. The van der Waals surface area contributed by atoms with Crippen LogP contribution in [0.2, 0.25) is 0 Å². The fraction of sp³-hybridized carbons (Fsp3) is 0.550. The number of hydrogen-bond acceptors (Lipinski definition) is 4. The third kappa shape index (κ3) is 3.96. The minimum absolute atomic E-state index is 0.245. The second-order valence-electron chi connectivity index (χ2n) is 7.78. The van der Waals surface area contributed by atoms with Gasteiger partial charge in [0, 0.05) is 62.5 Å². The van der Waals surface area contributed by atoms with Gasteiger partial charge in [-0.3, -0.25) is 14.7 Å². The Morgan fingerprint density at radius 1 is 1.23 bits per heavy atom. The number of aromatic nitrogens is 3. The third-order valence-electron chi connectivity index (χ3n) is 5.81. The van der Waals surface area contributed by atoms with E-state index in [4.69, 9.17) is 0 Å². The van der Waals surface area contributed by atoms with E-state index in [2.05, 4.69) is 36.9 Å². The van der Waals surface area contributed by atoms with Crippen molar-refractivity contribution in [1.82, 2.24) is 24.8 Å². The molecular weight excluding hydrogens is 326 g/mol. The average molecular weight is 353 g/mol. The Bertz CT molecular complexity index is 717. The van der Waals surface area contributed by atoms with E-state index in [1.807, 2.05) is 18.5 Å². The molecule has 2 aromatic rings. The minimum atomic E-state index is 0.245. The summed E-state index contributed by atoms with van der Waals surface area (Å²) < 4.78 is 0. The number of hydrogen-bond donors (Lipinski definition) is 1. The van der Waals surface area contributed by atoms with E-state index in [1.165, 1.54) is 12.8 Å². The Hall–Kier alpha value is -2.21. The molecule has 0 aromatic carbocycles. The molecular formula is C20H27N5O. The highest BCUT2D eigenvalue weighted by atomic mass is 16.2. The summed E-state index contributed by atoms with van der Waals surface area (Å²) in [6.07, 6.45) is 10.4. The highest BCUT2D eigenvalue weighted by Gasteiger charge is 2.41. The molecule has 2 aliphatic heterocycles. The monoisotopic (exact) mass is 353 g/mol. The van der Waals surface area contributed by atoms with Crippen molar-refractivity contribution in [2.24, 2.45) is 5.41 Å². The number of imidazole rings is 1. The van der Waals surface area contributed by atoms with E-state index < -0.39 is 0 Å². The molecule has 0 radical (unpaired) electrons. The van der Waals surface area contributed by atoms with Gasteiger partial charge in [0.2, 0.25) is 5.91 Å². The number of amides is 1. The first kappa shape index (κ1) is 17.2. The number of nitrogens with one attached hydrogen (secondary N) is 1. The lowest BCUT2D eigenvalue weighted by Gasteiger charge is -2.48. The first-order valence-corrected chi connectivity index (χ1v) is 9.60. The van der Waals surface area contributed by atoms with Gasteiger partial charge >= 0.3 is 0 Å². The van der Waals surface area contributed by atoms with Gasteiger partial charge in [0.25, 0.3) is 0 Å². The maximum absolute atomic E-state index is 12.4. The minimum Gasteiger partial charge on any atom is -0.348 e.